The monoisotopic (exact) mass is 732 g/mol. The van der Waals surface area contributed by atoms with Gasteiger partial charge in [-0.2, -0.15) is 0 Å². The van der Waals surface area contributed by atoms with Crippen LogP contribution in [0.15, 0.2) is 48.5 Å². The molecule has 0 saturated carbocycles. The van der Waals surface area contributed by atoms with Crippen LogP contribution in [0.25, 0.3) is 10.2 Å². The molecule has 0 fully saturated rings. The number of anilines is 4. The number of aliphatic hydroxyl groups excluding tert-OH is 1. The second-order valence-electron chi connectivity index (χ2n) is 12.1. The first-order valence-corrected chi connectivity index (χ1v) is 18.1. The second-order valence-corrected chi connectivity index (χ2v) is 14.2. The van der Waals surface area contributed by atoms with Gasteiger partial charge in [0.1, 0.15) is 0 Å². The Kier molecular flexibility index (Phi) is 13.2. The Morgan fingerprint density at radius 2 is 1.92 bits per heavy atom. The van der Waals surface area contributed by atoms with Gasteiger partial charge in [0.15, 0.2) is 39.2 Å². The zero-order valence-corrected chi connectivity index (χ0v) is 30.6. The number of carboxylic acids is 1. The fraction of sp³-hybridized carbons (Fsp3) is 0.361. The van der Waals surface area contributed by atoms with Crippen molar-refractivity contribution in [2.24, 2.45) is 0 Å². The molecule has 3 aromatic heterocycles. The van der Waals surface area contributed by atoms with Crippen molar-refractivity contribution in [3.8, 4) is 17.6 Å². The van der Waals surface area contributed by atoms with Crippen LogP contribution in [0.5, 0.6) is 5.75 Å². The molecule has 0 bridgehead atoms. The average Bonchev–Trinajstić information content (AvgIpc) is 3.71. The van der Waals surface area contributed by atoms with Gasteiger partial charge in [-0.25, -0.2) is 19.2 Å². The number of aryl methyl sites for hydroxylation is 2. The number of thiazole rings is 2. The molecule has 3 heterocycles. The standard InChI is InChI=1S/C36H41FN8O4S2/c1-23-20-31(42-43-33(23)41-35-39-27-12-5-6-13-29(27)50-35)45(18-8-11-25(46)22-44(3)4)36-40-32(34(47)48)30(51-36)14-9-19-49-28-16-15-24(21-26(28)37)10-7-17-38-2/h5-6,12-13,15-16,20-21,25,38,46H,8-9,11,14,17-19,22H2,1-4H3,(H,47,48)(H,39,41,43). The Balaban J connectivity index is 1.32. The summed E-state index contributed by atoms with van der Waals surface area (Å²) in [7, 11) is 5.60. The number of ether oxygens (including phenoxy) is 1. The van der Waals surface area contributed by atoms with E-state index in [4.69, 9.17) is 4.74 Å². The molecular weight excluding hydrogens is 692 g/mol. The molecule has 1 atom stereocenters. The van der Waals surface area contributed by atoms with Crippen molar-refractivity contribution in [1.29, 1.82) is 0 Å². The lowest BCUT2D eigenvalue weighted by Gasteiger charge is -2.22. The zero-order chi connectivity index (χ0) is 36.3. The van der Waals surface area contributed by atoms with E-state index in [0.29, 0.717) is 77.7 Å². The summed E-state index contributed by atoms with van der Waals surface area (Å²) in [6.45, 7) is 3.53. The van der Waals surface area contributed by atoms with Crippen LogP contribution in [0.1, 0.15) is 45.8 Å². The summed E-state index contributed by atoms with van der Waals surface area (Å²) >= 11 is 2.78. The number of carbonyl (C=O) groups is 1. The molecule has 4 N–H and O–H groups in total. The summed E-state index contributed by atoms with van der Waals surface area (Å²) in [6, 6.07) is 14.3. The van der Waals surface area contributed by atoms with E-state index in [1.807, 2.05) is 61.2 Å². The highest BCUT2D eigenvalue weighted by molar-refractivity contribution is 7.22. The zero-order valence-electron chi connectivity index (χ0n) is 28.9. The lowest BCUT2D eigenvalue weighted by molar-refractivity contribution is 0.0690. The maximum absolute atomic E-state index is 14.6. The van der Waals surface area contributed by atoms with Crippen LogP contribution in [0.4, 0.5) is 26.3 Å². The summed E-state index contributed by atoms with van der Waals surface area (Å²) in [5.74, 6) is 5.28. The van der Waals surface area contributed by atoms with Gasteiger partial charge < -0.3 is 35.4 Å². The molecule has 2 aromatic carbocycles. The Hall–Kier alpha value is -4.72. The molecule has 0 saturated heterocycles. The molecule has 1 unspecified atom stereocenters. The first-order chi connectivity index (χ1) is 24.6. The largest absolute Gasteiger partial charge is 0.491 e. The highest BCUT2D eigenvalue weighted by Gasteiger charge is 2.24. The summed E-state index contributed by atoms with van der Waals surface area (Å²) in [6.07, 6.45) is 1.40. The minimum absolute atomic E-state index is 0.0536. The van der Waals surface area contributed by atoms with Crippen molar-refractivity contribution >= 4 is 60.8 Å². The highest BCUT2D eigenvalue weighted by Crippen LogP contribution is 2.34. The van der Waals surface area contributed by atoms with Crippen molar-refractivity contribution in [3.05, 3.63) is 76.0 Å². The van der Waals surface area contributed by atoms with Gasteiger partial charge in [-0.3, -0.25) is 0 Å². The number of hydrogen-bond acceptors (Lipinski definition) is 13. The van der Waals surface area contributed by atoms with Crippen LogP contribution in [-0.2, 0) is 6.42 Å². The second kappa shape index (κ2) is 18.0. The number of carboxylic acid groups (broad SMARTS) is 1. The van der Waals surface area contributed by atoms with Gasteiger partial charge in [0.25, 0.3) is 0 Å². The van der Waals surface area contributed by atoms with Gasteiger partial charge in [-0.15, -0.1) is 21.5 Å². The van der Waals surface area contributed by atoms with Gasteiger partial charge in [0.05, 0.1) is 29.5 Å². The van der Waals surface area contributed by atoms with E-state index in [-0.39, 0.29) is 18.1 Å². The van der Waals surface area contributed by atoms with Gasteiger partial charge in [-0.1, -0.05) is 35.3 Å². The number of rotatable bonds is 17. The van der Waals surface area contributed by atoms with Crippen molar-refractivity contribution in [2.45, 2.75) is 38.7 Å². The fourth-order valence-corrected chi connectivity index (χ4v) is 7.19. The van der Waals surface area contributed by atoms with Gasteiger partial charge >= 0.3 is 5.97 Å². The molecule has 12 nitrogen and oxygen atoms in total. The maximum atomic E-state index is 14.6. The normalized spacial score (nSPS) is 11.7. The number of aromatic nitrogens is 4. The third kappa shape index (κ3) is 10.4. The van der Waals surface area contributed by atoms with E-state index in [2.05, 4.69) is 42.6 Å². The number of hydrogen-bond donors (Lipinski definition) is 4. The SMILES string of the molecule is CNCC#Cc1ccc(OCCCc2sc(N(CCCC(O)CN(C)C)c3cc(C)c(Nc4nc5ccccc5s4)nn3)nc2C(=O)O)c(F)c1. The number of likely N-dealkylation sites (N-methyl/N-ethyl adjacent to an activating group) is 1. The predicted molar refractivity (Wildman–Crippen MR) is 201 cm³/mol. The summed E-state index contributed by atoms with van der Waals surface area (Å²) < 4.78 is 21.4. The molecule has 0 spiro atoms. The molecule has 268 valence electrons. The van der Waals surface area contributed by atoms with Crippen molar-refractivity contribution in [3.63, 3.8) is 0 Å². The number of nitrogens with zero attached hydrogens (tertiary/aromatic N) is 6. The number of benzene rings is 2. The number of aromatic carboxylic acids is 1. The minimum Gasteiger partial charge on any atom is -0.491 e. The minimum atomic E-state index is -1.14. The van der Waals surface area contributed by atoms with E-state index in [1.54, 1.807) is 19.2 Å². The molecule has 0 aliphatic heterocycles. The fourth-order valence-electron chi connectivity index (χ4n) is 5.20. The smallest absolute Gasteiger partial charge is 0.355 e. The topological polar surface area (TPSA) is 149 Å². The summed E-state index contributed by atoms with van der Waals surface area (Å²) in [5, 5.41) is 36.9. The Morgan fingerprint density at radius 3 is 2.65 bits per heavy atom. The summed E-state index contributed by atoms with van der Waals surface area (Å²) in [4.78, 5) is 25.8. The van der Waals surface area contributed by atoms with Gasteiger partial charge in [0.2, 0.25) is 0 Å². The van der Waals surface area contributed by atoms with E-state index in [0.717, 1.165) is 15.8 Å². The third-order valence-electron chi connectivity index (χ3n) is 7.62. The van der Waals surface area contributed by atoms with Crippen LogP contribution < -0.4 is 20.3 Å². The van der Waals surface area contributed by atoms with E-state index in [9.17, 15) is 19.4 Å². The molecule has 15 heteroatoms. The predicted octanol–water partition coefficient (Wildman–Crippen LogP) is 5.86. The highest BCUT2D eigenvalue weighted by atomic mass is 32.1. The van der Waals surface area contributed by atoms with Crippen molar-refractivity contribution < 1.29 is 24.1 Å². The van der Waals surface area contributed by atoms with E-state index < -0.39 is 17.9 Å². The molecule has 5 rings (SSSR count). The Morgan fingerprint density at radius 1 is 1.10 bits per heavy atom. The number of para-hydroxylation sites is 1. The van der Waals surface area contributed by atoms with Gasteiger partial charge in [-0.05, 0) is 95.7 Å². The molecule has 5 aromatic rings. The van der Waals surface area contributed by atoms with Crippen LogP contribution in [-0.4, -0.2) is 94.7 Å². The molecule has 51 heavy (non-hydrogen) atoms. The molecular formula is C36H41FN8O4S2. The van der Waals surface area contributed by atoms with E-state index in [1.165, 1.54) is 28.7 Å². The lowest BCUT2D eigenvalue weighted by Crippen LogP contribution is -2.27. The molecule has 0 aliphatic carbocycles. The van der Waals surface area contributed by atoms with Crippen molar-refractivity contribution in [1.82, 2.24) is 30.4 Å². The van der Waals surface area contributed by atoms with Crippen LogP contribution in [0, 0.1) is 24.6 Å². The number of aliphatic hydroxyl groups is 1. The number of nitrogens with one attached hydrogen (secondary N) is 2. The van der Waals surface area contributed by atoms with Crippen molar-refractivity contribution in [2.75, 3.05) is 57.6 Å². The van der Waals surface area contributed by atoms with Crippen LogP contribution >= 0.6 is 22.7 Å². The first kappa shape index (κ1) is 37.5. The maximum Gasteiger partial charge on any atom is 0.355 e. The average molecular weight is 733 g/mol. The lowest BCUT2D eigenvalue weighted by atomic mass is 10.2. The molecule has 0 radical (unpaired) electrons. The third-order valence-corrected chi connectivity index (χ3v) is 9.71. The number of fused-ring (bicyclic) bond motifs is 1. The van der Waals surface area contributed by atoms with Crippen LogP contribution in [0.2, 0.25) is 0 Å². The Bertz CT molecular complexity index is 1970. The summed E-state index contributed by atoms with van der Waals surface area (Å²) in [5.41, 5.74) is 2.20. The van der Waals surface area contributed by atoms with Gasteiger partial charge in [0, 0.05) is 23.5 Å². The first-order valence-electron chi connectivity index (χ1n) is 16.5. The van der Waals surface area contributed by atoms with E-state index >= 15 is 0 Å². The Labute approximate surface area is 304 Å². The number of halogens is 1. The quantitative estimate of drug-likeness (QED) is 0.0671. The molecule has 0 amide bonds. The van der Waals surface area contributed by atoms with Crippen LogP contribution in [0.3, 0.4) is 0 Å². The molecule has 0 aliphatic rings.